The van der Waals surface area contributed by atoms with Gasteiger partial charge in [-0.15, -0.1) is 0 Å². The fourth-order valence-electron chi connectivity index (χ4n) is 2.60. The molecule has 0 spiro atoms. The lowest BCUT2D eigenvalue weighted by atomic mass is 9.86. The molecule has 1 aromatic heterocycles. The summed E-state index contributed by atoms with van der Waals surface area (Å²) in [5.74, 6) is 0.0849. The number of rotatable bonds is 4. The van der Waals surface area contributed by atoms with Gasteiger partial charge in [-0.2, -0.15) is 0 Å². The van der Waals surface area contributed by atoms with Gasteiger partial charge in [-0.05, 0) is 49.1 Å². The molecule has 3 nitrogen and oxygen atoms in total. The Bertz CT molecular complexity index is 660. The van der Waals surface area contributed by atoms with Crippen LogP contribution in [0.3, 0.4) is 0 Å². The van der Waals surface area contributed by atoms with E-state index < -0.39 is 0 Å². The highest BCUT2D eigenvalue weighted by Crippen LogP contribution is 2.23. The Kier molecular flexibility index (Phi) is 4.98. The first-order valence-corrected chi connectivity index (χ1v) is 8.22. The number of carbonyl (C=O) groups is 1. The Balaban J connectivity index is 2.23. The molecule has 0 bridgehead atoms. The SMILES string of the molecule is CC(C)N(Cc1cccn1C)C(=O)c1ccc(C(C)(C)C)cc1. The van der Waals surface area contributed by atoms with Gasteiger partial charge >= 0.3 is 0 Å². The molecule has 3 heteroatoms. The zero-order valence-electron chi connectivity index (χ0n) is 15.1. The van der Waals surface area contributed by atoms with E-state index in [0.717, 1.165) is 11.3 Å². The summed E-state index contributed by atoms with van der Waals surface area (Å²) in [4.78, 5) is 14.8. The van der Waals surface area contributed by atoms with Crippen LogP contribution in [0.2, 0.25) is 0 Å². The minimum Gasteiger partial charge on any atom is -0.353 e. The number of benzene rings is 1. The summed E-state index contributed by atoms with van der Waals surface area (Å²) in [5.41, 5.74) is 3.23. The molecule has 2 aromatic rings. The number of nitrogens with zero attached hydrogens (tertiary/aromatic N) is 2. The first-order chi connectivity index (χ1) is 10.7. The predicted octanol–water partition coefficient (Wildman–Crippen LogP) is 4.37. The van der Waals surface area contributed by atoms with Crippen LogP contribution in [0.5, 0.6) is 0 Å². The van der Waals surface area contributed by atoms with Crippen molar-refractivity contribution in [2.75, 3.05) is 0 Å². The molecule has 0 atom stereocenters. The van der Waals surface area contributed by atoms with Crippen LogP contribution in [-0.4, -0.2) is 21.4 Å². The van der Waals surface area contributed by atoms with Gasteiger partial charge in [0, 0.05) is 30.5 Å². The third kappa shape index (κ3) is 4.04. The Hall–Kier alpha value is -2.03. The van der Waals surface area contributed by atoms with Gasteiger partial charge in [-0.1, -0.05) is 32.9 Å². The van der Waals surface area contributed by atoms with Crippen LogP contribution in [-0.2, 0) is 19.0 Å². The monoisotopic (exact) mass is 312 g/mol. The van der Waals surface area contributed by atoms with Crippen molar-refractivity contribution < 1.29 is 4.79 Å². The van der Waals surface area contributed by atoms with Gasteiger partial charge < -0.3 is 9.47 Å². The van der Waals surface area contributed by atoms with Crippen LogP contribution in [0, 0.1) is 0 Å². The lowest BCUT2D eigenvalue weighted by molar-refractivity contribution is 0.0686. The molecule has 1 heterocycles. The molecule has 0 aliphatic rings. The van der Waals surface area contributed by atoms with Crippen LogP contribution in [0.1, 0.15) is 56.2 Å². The van der Waals surface area contributed by atoms with Crippen molar-refractivity contribution in [3.05, 3.63) is 59.4 Å². The molecule has 23 heavy (non-hydrogen) atoms. The van der Waals surface area contributed by atoms with Crippen LogP contribution < -0.4 is 0 Å². The smallest absolute Gasteiger partial charge is 0.254 e. The molecule has 0 fully saturated rings. The van der Waals surface area contributed by atoms with E-state index in [0.29, 0.717) is 6.54 Å². The van der Waals surface area contributed by atoms with Gasteiger partial charge in [0.25, 0.3) is 5.91 Å². The Morgan fingerprint density at radius 2 is 1.74 bits per heavy atom. The fourth-order valence-corrected chi connectivity index (χ4v) is 2.60. The maximum atomic E-state index is 12.9. The summed E-state index contributed by atoms with van der Waals surface area (Å²) in [6, 6.07) is 12.2. The van der Waals surface area contributed by atoms with E-state index in [9.17, 15) is 4.79 Å². The number of amides is 1. The Labute approximate surface area is 139 Å². The average molecular weight is 312 g/mol. The van der Waals surface area contributed by atoms with Crippen molar-refractivity contribution in [3.8, 4) is 0 Å². The average Bonchev–Trinajstić information content (AvgIpc) is 2.88. The molecule has 0 aliphatic carbocycles. The second-order valence-electron chi connectivity index (χ2n) is 7.46. The molecule has 2 rings (SSSR count). The molecule has 0 saturated heterocycles. The largest absolute Gasteiger partial charge is 0.353 e. The second-order valence-corrected chi connectivity index (χ2v) is 7.46. The first-order valence-electron chi connectivity index (χ1n) is 8.22. The van der Waals surface area contributed by atoms with Gasteiger partial charge in [-0.3, -0.25) is 4.79 Å². The number of hydrogen-bond acceptors (Lipinski definition) is 1. The third-order valence-corrected chi connectivity index (χ3v) is 4.27. The summed E-state index contributed by atoms with van der Waals surface area (Å²) in [5, 5.41) is 0. The normalized spacial score (nSPS) is 11.8. The standard InChI is InChI=1S/C20H28N2O/c1-15(2)22(14-18-8-7-13-21(18)6)19(23)16-9-11-17(12-10-16)20(3,4)5/h7-13,15H,14H2,1-6H3. The number of carbonyl (C=O) groups excluding carboxylic acids is 1. The predicted molar refractivity (Wildman–Crippen MR) is 95.6 cm³/mol. The highest BCUT2D eigenvalue weighted by molar-refractivity contribution is 5.94. The second kappa shape index (κ2) is 6.61. The first kappa shape index (κ1) is 17.3. The molecule has 1 amide bonds. The van der Waals surface area contributed by atoms with E-state index in [2.05, 4.69) is 57.4 Å². The van der Waals surface area contributed by atoms with Gasteiger partial charge in [0.15, 0.2) is 0 Å². The van der Waals surface area contributed by atoms with E-state index >= 15 is 0 Å². The third-order valence-electron chi connectivity index (χ3n) is 4.27. The molecule has 124 valence electrons. The van der Waals surface area contributed by atoms with Crippen molar-refractivity contribution in [2.45, 2.75) is 52.6 Å². The van der Waals surface area contributed by atoms with Gasteiger partial charge in [0.1, 0.15) is 0 Å². The quantitative estimate of drug-likeness (QED) is 0.823. The minimum atomic E-state index is 0.0849. The highest BCUT2D eigenvalue weighted by atomic mass is 16.2. The number of aryl methyl sites for hydroxylation is 1. The number of aromatic nitrogens is 1. The number of hydrogen-bond donors (Lipinski definition) is 0. The summed E-state index contributed by atoms with van der Waals surface area (Å²) >= 11 is 0. The topological polar surface area (TPSA) is 25.2 Å². The molecule has 0 radical (unpaired) electrons. The van der Waals surface area contributed by atoms with Crippen molar-refractivity contribution in [1.29, 1.82) is 0 Å². The fraction of sp³-hybridized carbons (Fsp3) is 0.450. The molecular formula is C20H28N2O. The van der Waals surface area contributed by atoms with Crippen LogP contribution in [0.25, 0.3) is 0 Å². The summed E-state index contributed by atoms with van der Waals surface area (Å²) in [6.07, 6.45) is 2.01. The van der Waals surface area contributed by atoms with Crippen LogP contribution in [0.15, 0.2) is 42.6 Å². The van der Waals surface area contributed by atoms with Crippen LogP contribution >= 0.6 is 0 Å². The van der Waals surface area contributed by atoms with E-state index in [4.69, 9.17) is 0 Å². The van der Waals surface area contributed by atoms with E-state index in [1.165, 1.54) is 5.56 Å². The highest BCUT2D eigenvalue weighted by Gasteiger charge is 2.21. The summed E-state index contributed by atoms with van der Waals surface area (Å²) < 4.78 is 2.06. The Morgan fingerprint density at radius 3 is 2.17 bits per heavy atom. The van der Waals surface area contributed by atoms with E-state index in [1.807, 2.05) is 36.3 Å². The van der Waals surface area contributed by atoms with Crippen molar-refractivity contribution in [1.82, 2.24) is 9.47 Å². The van der Waals surface area contributed by atoms with Gasteiger partial charge in [0.2, 0.25) is 0 Å². The molecule has 1 aromatic carbocycles. The van der Waals surface area contributed by atoms with Gasteiger partial charge in [-0.25, -0.2) is 0 Å². The summed E-state index contributed by atoms with van der Waals surface area (Å²) in [6.45, 7) is 11.3. The Morgan fingerprint density at radius 1 is 1.13 bits per heavy atom. The lowest BCUT2D eigenvalue weighted by Crippen LogP contribution is -2.37. The molecule has 0 aliphatic heterocycles. The zero-order chi connectivity index (χ0) is 17.2. The molecule has 0 N–H and O–H groups in total. The van der Waals surface area contributed by atoms with Crippen molar-refractivity contribution in [2.24, 2.45) is 7.05 Å². The maximum Gasteiger partial charge on any atom is 0.254 e. The van der Waals surface area contributed by atoms with Crippen molar-refractivity contribution in [3.63, 3.8) is 0 Å². The lowest BCUT2D eigenvalue weighted by Gasteiger charge is -2.27. The molecule has 0 saturated carbocycles. The van der Waals surface area contributed by atoms with E-state index in [-0.39, 0.29) is 17.4 Å². The van der Waals surface area contributed by atoms with Gasteiger partial charge in [0.05, 0.1) is 6.54 Å². The van der Waals surface area contributed by atoms with E-state index in [1.54, 1.807) is 0 Å². The minimum absolute atomic E-state index is 0.0849. The maximum absolute atomic E-state index is 12.9. The molecular weight excluding hydrogens is 284 g/mol. The van der Waals surface area contributed by atoms with Crippen molar-refractivity contribution >= 4 is 5.91 Å². The summed E-state index contributed by atoms with van der Waals surface area (Å²) in [7, 11) is 2.01. The molecule has 0 unspecified atom stereocenters. The van der Waals surface area contributed by atoms with Crippen LogP contribution in [0.4, 0.5) is 0 Å². The zero-order valence-corrected chi connectivity index (χ0v) is 15.1.